The van der Waals surface area contributed by atoms with Gasteiger partial charge < -0.3 is 14.6 Å². The quantitative estimate of drug-likeness (QED) is 0.483. The van der Waals surface area contributed by atoms with Crippen LogP contribution >= 0.6 is 0 Å². The van der Waals surface area contributed by atoms with E-state index in [2.05, 4.69) is 9.91 Å². The zero-order chi connectivity index (χ0) is 14.5. The molecule has 0 aromatic heterocycles. The highest BCUT2D eigenvalue weighted by Crippen LogP contribution is 2.22. The molecule has 0 bridgehead atoms. The van der Waals surface area contributed by atoms with Crippen molar-refractivity contribution < 1.29 is 19.4 Å². The fraction of sp³-hybridized carbons (Fsp3) is 0.462. The molecule has 1 N–H and O–H groups in total. The molecular formula is C13H17NO5. The summed E-state index contributed by atoms with van der Waals surface area (Å²) in [7, 11) is 1.23. The molecule has 1 atom stereocenters. The summed E-state index contributed by atoms with van der Waals surface area (Å²) in [4.78, 5) is 22.3. The lowest BCUT2D eigenvalue weighted by Crippen LogP contribution is -2.37. The van der Waals surface area contributed by atoms with Crippen molar-refractivity contribution >= 4 is 11.7 Å². The van der Waals surface area contributed by atoms with Crippen LogP contribution in [0.4, 0.5) is 5.69 Å². The first-order valence-electron chi connectivity index (χ1n) is 5.76. The first-order valence-corrected chi connectivity index (χ1v) is 5.76. The van der Waals surface area contributed by atoms with Gasteiger partial charge in [0.2, 0.25) is 0 Å². The number of nitroso groups, excluding NO2 is 1. The van der Waals surface area contributed by atoms with E-state index in [4.69, 9.17) is 4.74 Å². The maximum atomic E-state index is 11.6. The number of hydrogen-bond acceptors (Lipinski definition) is 6. The van der Waals surface area contributed by atoms with Gasteiger partial charge in [0.15, 0.2) is 11.9 Å². The van der Waals surface area contributed by atoms with Crippen molar-refractivity contribution in [3.8, 4) is 0 Å². The van der Waals surface area contributed by atoms with E-state index in [0.29, 0.717) is 5.56 Å². The van der Waals surface area contributed by atoms with Crippen LogP contribution in [0.1, 0.15) is 19.4 Å². The van der Waals surface area contributed by atoms with Gasteiger partial charge in [-0.3, -0.25) is 0 Å². The minimum absolute atomic E-state index is 0.0958. The molecule has 6 nitrogen and oxygen atoms in total. The summed E-state index contributed by atoms with van der Waals surface area (Å²) in [6.45, 7) is 2.82. The molecule has 0 fully saturated rings. The summed E-state index contributed by atoms with van der Waals surface area (Å²) in [5.41, 5.74) is 0.785. The number of aliphatic hydroxyl groups is 1. The fourth-order valence-electron chi connectivity index (χ4n) is 1.62. The molecule has 1 aromatic rings. The average molecular weight is 267 g/mol. The number of carbonyl (C=O) groups is 1. The molecule has 6 heteroatoms. The molecule has 0 aliphatic heterocycles. The standard InChI is InChI=1S/C13H17NO5/c1-13(2,16)19-11(12(15)18-3)8-9-6-4-5-7-10(9)14-17/h4-7,11,16H,8H2,1-3H3. The third kappa shape index (κ3) is 4.76. The predicted octanol–water partition coefficient (Wildman–Crippen LogP) is 1.91. The zero-order valence-electron chi connectivity index (χ0n) is 11.1. The van der Waals surface area contributed by atoms with E-state index in [0.717, 1.165) is 0 Å². The Hall–Kier alpha value is -1.79. The Bertz CT molecular complexity index is 453. The largest absolute Gasteiger partial charge is 0.467 e. The van der Waals surface area contributed by atoms with Gasteiger partial charge in [0.1, 0.15) is 5.69 Å². The van der Waals surface area contributed by atoms with Crippen molar-refractivity contribution in [1.29, 1.82) is 0 Å². The number of esters is 1. The number of nitrogens with zero attached hydrogens (tertiary/aromatic N) is 1. The second-order valence-electron chi connectivity index (χ2n) is 4.50. The maximum Gasteiger partial charge on any atom is 0.335 e. The van der Waals surface area contributed by atoms with Crippen LogP contribution in [0.2, 0.25) is 0 Å². The van der Waals surface area contributed by atoms with Gasteiger partial charge in [0, 0.05) is 6.42 Å². The van der Waals surface area contributed by atoms with E-state index in [-0.39, 0.29) is 12.1 Å². The molecule has 0 amide bonds. The van der Waals surface area contributed by atoms with Crippen LogP contribution < -0.4 is 0 Å². The number of benzene rings is 1. The van der Waals surface area contributed by atoms with Crippen molar-refractivity contribution in [1.82, 2.24) is 0 Å². The molecule has 0 aliphatic carbocycles. The van der Waals surface area contributed by atoms with Gasteiger partial charge in [-0.1, -0.05) is 18.2 Å². The molecule has 0 saturated carbocycles. The highest BCUT2D eigenvalue weighted by Gasteiger charge is 2.28. The number of carbonyl (C=O) groups excluding carboxylic acids is 1. The minimum atomic E-state index is -1.48. The van der Waals surface area contributed by atoms with Gasteiger partial charge >= 0.3 is 5.97 Å². The number of hydrogen-bond donors (Lipinski definition) is 1. The van der Waals surface area contributed by atoms with Gasteiger partial charge in [0.05, 0.1) is 7.11 Å². The van der Waals surface area contributed by atoms with Crippen molar-refractivity contribution in [3.63, 3.8) is 0 Å². The molecule has 1 rings (SSSR count). The van der Waals surface area contributed by atoms with Gasteiger partial charge in [0.25, 0.3) is 0 Å². The summed E-state index contributed by atoms with van der Waals surface area (Å²) < 4.78 is 9.85. The predicted molar refractivity (Wildman–Crippen MR) is 68.8 cm³/mol. The van der Waals surface area contributed by atoms with Crippen molar-refractivity contribution in [2.24, 2.45) is 5.18 Å². The van der Waals surface area contributed by atoms with E-state index in [1.165, 1.54) is 21.0 Å². The average Bonchev–Trinajstić information content (AvgIpc) is 2.36. The Labute approximate surface area is 111 Å². The van der Waals surface area contributed by atoms with Crippen LogP contribution in [0, 0.1) is 4.91 Å². The minimum Gasteiger partial charge on any atom is -0.467 e. The highest BCUT2D eigenvalue weighted by atomic mass is 16.6. The smallest absolute Gasteiger partial charge is 0.335 e. The number of rotatable bonds is 6. The van der Waals surface area contributed by atoms with Gasteiger partial charge in [-0.05, 0) is 30.7 Å². The van der Waals surface area contributed by atoms with Gasteiger partial charge in [-0.25, -0.2) is 4.79 Å². The van der Waals surface area contributed by atoms with E-state index >= 15 is 0 Å². The molecule has 0 radical (unpaired) electrons. The second-order valence-corrected chi connectivity index (χ2v) is 4.50. The molecule has 0 heterocycles. The SMILES string of the molecule is COC(=O)C(Cc1ccccc1N=O)OC(C)(C)O. The Morgan fingerprint density at radius 2 is 2.05 bits per heavy atom. The first-order chi connectivity index (χ1) is 8.87. The number of ether oxygens (including phenoxy) is 2. The lowest BCUT2D eigenvalue weighted by molar-refractivity contribution is -0.215. The summed E-state index contributed by atoms with van der Waals surface area (Å²) in [5, 5.41) is 12.5. The van der Waals surface area contributed by atoms with Gasteiger partial charge in [-0.2, -0.15) is 0 Å². The van der Waals surface area contributed by atoms with Crippen LogP contribution in [0.3, 0.4) is 0 Å². The molecule has 1 unspecified atom stereocenters. The lowest BCUT2D eigenvalue weighted by Gasteiger charge is -2.24. The molecule has 19 heavy (non-hydrogen) atoms. The van der Waals surface area contributed by atoms with E-state index in [9.17, 15) is 14.8 Å². The maximum absolute atomic E-state index is 11.6. The van der Waals surface area contributed by atoms with Crippen molar-refractivity contribution in [2.75, 3.05) is 7.11 Å². The van der Waals surface area contributed by atoms with Crippen molar-refractivity contribution in [2.45, 2.75) is 32.2 Å². The van der Waals surface area contributed by atoms with Crippen LogP contribution in [-0.4, -0.2) is 30.1 Å². The van der Waals surface area contributed by atoms with Crippen LogP contribution in [0.25, 0.3) is 0 Å². The summed E-state index contributed by atoms with van der Waals surface area (Å²) in [6, 6.07) is 6.60. The van der Waals surface area contributed by atoms with E-state index < -0.39 is 17.9 Å². The third-order valence-corrected chi connectivity index (χ3v) is 2.39. The molecular weight excluding hydrogens is 250 g/mol. The summed E-state index contributed by atoms with van der Waals surface area (Å²) in [5.74, 6) is -2.11. The van der Waals surface area contributed by atoms with Crippen molar-refractivity contribution in [3.05, 3.63) is 34.7 Å². The lowest BCUT2D eigenvalue weighted by atomic mass is 10.1. The molecule has 1 aromatic carbocycles. The Kier molecular flexibility index (Phi) is 5.14. The first kappa shape index (κ1) is 15.3. The molecule has 0 spiro atoms. The molecule has 0 aliphatic rings. The van der Waals surface area contributed by atoms with Crippen LogP contribution in [0.5, 0.6) is 0 Å². The second kappa shape index (κ2) is 6.40. The Morgan fingerprint density at radius 3 is 2.58 bits per heavy atom. The Balaban J connectivity index is 2.94. The van der Waals surface area contributed by atoms with Crippen LogP contribution in [-0.2, 0) is 20.7 Å². The highest BCUT2D eigenvalue weighted by molar-refractivity contribution is 5.75. The van der Waals surface area contributed by atoms with E-state index in [1.54, 1.807) is 24.3 Å². The normalized spacial score (nSPS) is 12.8. The van der Waals surface area contributed by atoms with E-state index in [1.807, 2.05) is 0 Å². The fourth-order valence-corrected chi connectivity index (χ4v) is 1.62. The Morgan fingerprint density at radius 1 is 1.42 bits per heavy atom. The number of methoxy groups -OCH3 is 1. The molecule has 0 saturated heterocycles. The molecule has 104 valence electrons. The van der Waals surface area contributed by atoms with Gasteiger partial charge in [-0.15, -0.1) is 4.91 Å². The zero-order valence-corrected chi connectivity index (χ0v) is 11.1. The monoisotopic (exact) mass is 267 g/mol. The summed E-state index contributed by atoms with van der Waals surface area (Å²) >= 11 is 0. The summed E-state index contributed by atoms with van der Waals surface area (Å²) in [6.07, 6.45) is -0.911. The topological polar surface area (TPSA) is 85.2 Å². The third-order valence-electron chi connectivity index (χ3n) is 2.39. The van der Waals surface area contributed by atoms with Crippen LogP contribution in [0.15, 0.2) is 29.4 Å².